The molecule has 10 heteroatoms. The van der Waals surface area contributed by atoms with E-state index in [2.05, 4.69) is 25.1 Å². The molecule has 4 rings (SSSR count). The maximum absolute atomic E-state index is 12.6. The maximum atomic E-state index is 12.6. The van der Waals surface area contributed by atoms with Crippen molar-refractivity contribution in [3.8, 4) is 0 Å². The molecule has 2 aromatic carbocycles. The number of aromatic amines is 1. The van der Waals surface area contributed by atoms with Crippen LogP contribution in [0.2, 0.25) is 0 Å². The van der Waals surface area contributed by atoms with E-state index in [1.165, 1.54) is 0 Å². The summed E-state index contributed by atoms with van der Waals surface area (Å²) in [5.74, 6) is 0.211. The van der Waals surface area contributed by atoms with Crippen LogP contribution in [0.15, 0.2) is 68.8 Å². The third kappa shape index (κ3) is 5.15. The number of hydrogen-bond donors (Lipinski definition) is 2. The van der Waals surface area contributed by atoms with Gasteiger partial charge in [-0.3, -0.25) is 9.79 Å². The normalized spacial score (nSPS) is 17.1. The molecule has 0 spiro atoms. The molecule has 1 aromatic heterocycles. The molecular formula is C22H21F3N5OS+. The maximum Gasteiger partial charge on any atom is 0.389 e. The Morgan fingerprint density at radius 3 is 2.84 bits per heavy atom. The first-order chi connectivity index (χ1) is 15.3. The summed E-state index contributed by atoms with van der Waals surface area (Å²) in [7, 11) is -0.893. The molecule has 3 aromatic rings. The molecule has 0 bridgehead atoms. The first-order valence-corrected chi connectivity index (χ1v) is 11.5. The second-order valence-corrected chi connectivity index (χ2v) is 9.74. The van der Waals surface area contributed by atoms with Gasteiger partial charge in [0.1, 0.15) is 0 Å². The minimum absolute atomic E-state index is 0.0705. The van der Waals surface area contributed by atoms with Gasteiger partial charge in [-0.15, -0.1) is 0 Å². The number of alkyl halides is 3. The van der Waals surface area contributed by atoms with Crippen LogP contribution in [0.4, 0.5) is 18.9 Å². The van der Waals surface area contributed by atoms with Gasteiger partial charge in [-0.1, -0.05) is 6.07 Å². The number of nitrogens with zero attached hydrogens (tertiary/aromatic N) is 4. The van der Waals surface area contributed by atoms with E-state index in [9.17, 15) is 18.0 Å². The van der Waals surface area contributed by atoms with E-state index in [1.54, 1.807) is 31.2 Å². The SMILES string of the molecule is Cc1cc([SH]2CCN=C2CCC(F)(F)F)ccc1C(=O)N=[N+]=Nc1ccc2cc[nH]c2c1. The molecule has 0 fully saturated rings. The first kappa shape index (κ1) is 22.0. The van der Waals surface area contributed by atoms with Gasteiger partial charge in [-0.25, -0.2) is 0 Å². The molecule has 1 amide bonds. The fourth-order valence-electron chi connectivity index (χ4n) is 3.56. The van der Waals surface area contributed by atoms with Gasteiger partial charge in [0.05, 0.1) is 10.6 Å². The lowest BCUT2D eigenvalue weighted by Crippen LogP contribution is -2.10. The Morgan fingerprint density at radius 2 is 2.06 bits per heavy atom. The van der Waals surface area contributed by atoms with Crippen molar-refractivity contribution in [1.82, 2.24) is 9.90 Å². The van der Waals surface area contributed by atoms with Crippen LogP contribution in [0, 0.1) is 6.92 Å². The minimum Gasteiger partial charge on any atom is -0.361 e. The van der Waals surface area contributed by atoms with Crippen LogP contribution in [0.3, 0.4) is 0 Å². The number of fused-ring (bicyclic) bond motifs is 1. The number of aliphatic imine (C=N–C) groups is 1. The lowest BCUT2D eigenvalue weighted by Gasteiger charge is -2.19. The Labute approximate surface area is 184 Å². The van der Waals surface area contributed by atoms with Gasteiger partial charge in [-0.2, -0.15) is 24.1 Å². The van der Waals surface area contributed by atoms with Crippen molar-refractivity contribution in [3.05, 3.63) is 59.8 Å². The van der Waals surface area contributed by atoms with Gasteiger partial charge in [0.2, 0.25) is 10.0 Å². The van der Waals surface area contributed by atoms with Crippen molar-refractivity contribution in [2.75, 3.05) is 12.3 Å². The second-order valence-electron chi connectivity index (χ2n) is 7.41. The zero-order chi connectivity index (χ0) is 22.7. The molecule has 1 aliphatic heterocycles. The number of H-pyrrole nitrogens is 1. The predicted molar refractivity (Wildman–Crippen MR) is 120 cm³/mol. The number of rotatable bonds is 5. The Morgan fingerprint density at radius 1 is 1.22 bits per heavy atom. The number of aromatic nitrogens is 1. The summed E-state index contributed by atoms with van der Waals surface area (Å²) in [6, 6.07) is 12.7. The Bertz CT molecular complexity index is 1260. The fraction of sp³-hybridized carbons (Fsp3) is 0.273. The van der Waals surface area contributed by atoms with E-state index < -0.39 is 29.4 Å². The van der Waals surface area contributed by atoms with Crippen LogP contribution in [0.5, 0.6) is 0 Å². The molecule has 2 heterocycles. The van der Waals surface area contributed by atoms with Gasteiger partial charge in [0.15, 0.2) is 10.8 Å². The number of nitrogens with one attached hydrogen (secondary N) is 1. The molecule has 1 atom stereocenters. The summed E-state index contributed by atoms with van der Waals surface area (Å²) in [5, 5.41) is 9.33. The summed E-state index contributed by atoms with van der Waals surface area (Å²) in [5.41, 5.74) is 2.56. The quantitative estimate of drug-likeness (QED) is 0.272. The first-order valence-electron chi connectivity index (χ1n) is 10.0. The van der Waals surface area contributed by atoms with Gasteiger partial charge in [0.25, 0.3) is 0 Å². The molecule has 0 saturated heterocycles. The topological polar surface area (TPSA) is 84.0 Å². The highest BCUT2D eigenvalue weighted by atomic mass is 32.2. The molecule has 1 N–H and O–H groups in total. The third-order valence-electron chi connectivity index (χ3n) is 5.15. The Balaban J connectivity index is 1.47. The lowest BCUT2D eigenvalue weighted by atomic mass is 10.1. The highest BCUT2D eigenvalue weighted by Gasteiger charge is 2.30. The van der Waals surface area contributed by atoms with Crippen molar-refractivity contribution >= 4 is 38.4 Å². The van der Waals surface area contributed by atoms with Gasteiger partial charge in [-0.05, 0) is 59.2 Å². The van der Waals surface area contributed by atoms with E-state index in [-0.39, 0.29) is 6.42 Å². The zero-order valence-corrected chi connectivity index (χ0v) is 18.1. The zero-order valence-electron chi connectivity index (χ0n) is 17.2. The third-order valence-corrected chi connectivity index (χ3v) is 7.68. The largest absolute Gasteiger partial charge is 0.389 e. The van der Waals surface area contributed by atoms with Crippen LogP contribution in [0.25, 0.3) is 10.9 Å². The number of carbonyl (C=O) groups excluding carboxylic acids is 1. The van der Waals surface area contributed by atoms with Gasteiger partial charge in [0, 0.05) is 36.9 Å². The average molecular weight is 461 g/mol. The molecule has 0 radical (unpaired) electrons. The number of amides is 1. The van der Waals surface area contributed by atoms with Crippen molar-refractivity contribution in [2.45, 2.75) is 30.8 Å². The Kier molecular flexibility index (Phi) is 6.25. The number of thiol groups is 1. The number of benzene rings is 2. The molecule has 0 aliphatic carbocycles. The monoisotopic (exact) mass is 460 g/mol. The fourth-order valence-corrected chi connectivity index (χ4v) is 5.93. The number of carbonyl (C=O) groups is 1. The van der Waals surface area contributed by atoms with Crippen LogP contribution >= 0.6 is 10.9 Å². The summed E-state index contributed by atoms with van der Waals surface area (Å²) >= 11 is 0. The average Bonchev–Trinajstić information content (AvgIpc) is 3.40. The molecule has 1 aliphatic rings. The summed E-state index contributed by atoms with van der Waals surface area (Å²) in [6.07, 6.45) is -3.30. The molecule has 0 saturated carbocycles. The highest BCUT2D eigenvalue weighted by molar-refractivity contribution is 8.30. The molecule has 32 heavy (non-hydrogen) atoms. The number of hydrogen-bond acceptors (Lipinski definition) is 3. The molecule has 166 valence electrons. The standard InChI is InChI=1S/C22H20F3N5OS/c1-14-12-17(32-11-10-27-20(32)6-8-22(23,24)25)4-5-18(14)21(31)29-30-28-16-3-2-15-7-9-26-19(15)13-16/h2-5,7,9,12-13,32H,6,8,10-11H2,1H3/p+1. The second kappa shape index (κ2) is 9.10. The van der Waals surface area contributed by atoms with E-state index >= 15 is 0 Å². The predicted octanol–water partition coefficient (Wildman–Crippen LogP) is 6.03. The van der Waals surface area contributed by atoms with E-state index in [1.807, 2.05) is 24.4 Å². The van der Waals surface area contributed by atoms with Crippen LogP contribution in [0.1, 0.15) is 28.8 Å². The number of halogens is 3. The summed E-state index contributed by atoms with van der Waals surface area (Å²) in [6.45, 7) is 2.32. The highest BCUT2D eigenvalue weighted by Crippen LogP contribution is 2.44. The molecule has 6 nitrogen and oxygen atoms in total. The van der Waals surface area contributed by atoms with E-state index in [0.717, 1.165) is 21.6 Å². The van der Waals surface area contributed by atoms with E-state index in [4.69, 9.17) is 0 Å². The molecular weight excluding hydrogens is 439 g/mol. The smallest absolute Gasteiger partial charge is 0.361 e. The van der Waals surface area contributed by atoms with Gasteiger partial charge < -0.3 is 4.98 Å². The van der Waals surface area contributed by atoms with Crippen LogP contribution in [-0.4, -0.2) is 34.4 Å². The van der Waals surface area contributed by atoms with Crippen molar-refractivity contribution < 1.29 is 18.0 Å². The minimum atomic E-state index is -4.19. The van der Waals surface area contributed by atoms with Crippen molar-refractivity contribution in [1.29, 1.82) is 0 Å². The number of aryl methyl sites for hydroxylation is 1. The summed E-state index contributed by atoms with van der Waals surface area (Å²) in [4.78, 5) is 24.4. The van der Waals surface area contributed by atoms with Gasteiger partial charge >= 0.3 is 12.1 Å². The molecule has 1 unspecified atom stereocenters. The van der Waals surface area contributed by atoms with Crippen molar-refractivity contribution in [2.24, 2.45) is 15.2 Å². The lowest BCUT2D eigenvalue weighted by molar-refractivity contribution is -0.132. The van der Waals surface area contributed by atoms with Crippen LogP contribution in [-0.2, 0) is 0 Å². The summed E-state index contributed by atoms with van der Waals surface area (Å²) < 4.78 is 37.8. The Hall–Kier alpha value is -3.23. The van der Waals surface area contributed by atoms with E-state index in [0.29, 0.717) is 28.4 Å². The van der Waals surface area contributed by atoms with Crippen molar-refractivity contribution in [3.63, 3.8) is 0 Å². The van der Waals surface area contributed by atoms with Crippen LogP contribution < -0.4 is 4.91 Å².